The molecular formula is C14H22N2O3S. The highest BCUT2D eigenvalue weighted by atomic mass is 32.2. The molecule has 5 nitrogen and oxygen atoms in total. The van der Waals surface area contributed by atoms with Crippen molar-refractivity contribution in [1.29, 1.82) is 0 Å². The van der Waals surface area contributed by atoms with Crippen molar-refractivity contribution in [2.24, 2.45) is 0 Å². The zero-order valence-corrected chi connectivity index (χ0v) is 12.8. The quantitative estimate of drug-likeness (QED) is 0.749. The van der Waals surface area contributed by atoms with Crippen LogP contribution < -0.4 is 14.8 Å². The summed E-state index contributed by atoms with van der Waals surface area (Å²) in [4.78, 5) is 0.284. The van der Waals surface area contributed by atoms with Gasteiger partial charge in [0.2, 0.25) is 10.0 Å². The van der Waals surface area contributed by atoms with E-state index in [9.17, 15) is 8.42 Å². The first-order valence-corrected chi connectivity index (χ1v) is 8.35. The van der Waals surface area contributed by atoms with E-state index >= 15 is 0 Å². The smallest absolute Gasteiger partial charge is 0.241 e. The molecule has 0 unspecified atom stereocenters. The van der Waals surface area contributed by atoms with E-state index in [-0.39, 0.29) is 10.4 Å². The summed E-state index contributed by atoms with van der Waals surface area (Å²) >= 11 is 0. The summed E-state index contributed by atoms with van der Waals surface area (Å²) in [6, 6.07) is 6.54. The topological polar surface area (TPSA) is 67.4 Å². The second-order valence-electron chi connectivity index (χ2n) is 5.44. The van der Waals surface area contributed by atoms with Gasteiger partial charge in [-0.05, 0) is 57.5 Å². The minimum Gasteiger partial charge on any atom is -0.492 e. The van der Waals surface area contributed by atoms with Gasteiger partial charge in [-0.25, -0.2) is 13.1 Å². The van der Waals surface area contributed by atoms with Gasteiger partial charge in [0.25, 0.3) is 0 Å². The molecule has 1 fully saturated rings. The fourth-order valence-electron chi connectivity index (χ4n) is 2.18. The predicted octanol–water partition coefficient (Wildman–Crippen LogP) is 1.51. The lowest BCUT2D eigenvalue weighted by Gasteiger charge is -2.38. The van der Waals surface area contributed by atoms with Gasteiger partial charge in [0.15, 0.2) is 0 Å². The van der Waals surface area contributed by atoms with Crippen LogP contribution in [0.3, 0.4) is 0 Å². The van der Waals surface area contributed by atoms with Crippen LogP contribution in [-0.4, -0.2) is 34.2 Å². The normalized spacial score (nSPS) is 17.5. The molecule has 2 rings (SSSR count). The van der Waals surface area contributed by atoms with Gasteiger partial charge in [-0.1, -0.05) is 0 Å². The first-order chi connectivity index (χ1) is 9.45. The summed E-state index contributed by atoms with van der Waals surface area (Å²) < 4.78 is 32.7. The Hall–Kier alpha value is -1.11. The van der Waals surface area contributed by atoms with Crippen molar-refractivity contribution in [1.82, 2.24) is 10.0 Å². The molecule has 6 heteroatoms. The van der Waals surface area contributed by atoms with Crippen LogP contribution in [0.2, 0.25) is 0 Å². The van der Waals surface area contributed by atoms with Crippen LogP contribution in [0.1, 0.15) is 26.2 Å². The maximum Gasteiger partial charge on any atom is 0.241 e. The van der Waals surface area contributed by atoms with Gasteiger partial charge in [-0.2, -0.15) is 0 Å². The third-order valence-corrected chi connectivity index (χ3v) is 5.25. The van der Waals surface area contributed by atoms with E-state index in [0.29, 0.717) is 12.4 Å². The number of hydrogen-bond donors (Lipinski definition) is 2. The minimum atomic E-state index is -3.44. The van der Waals surface area contributed by atoms with Crippen LogP contribution in [0, 0.1) is 0 Å². The Morgan fingerprint density at radius 1 is 1.25 bits per heavy atom. The molecule has 112 valence electrons. The lowest BCUT2D eigenvalue weighted by Crippen LogP contribution is -2.50. The average molecular weight is 298 g/mol. The molecule has 0 saturated heterocycles. The first-order valence-electron chi connectivity index (χ1n) is 6.87. The molecule has 0 bridgehead atoms. The van der Waals surface area contributed by atoms with Gasteiger partial charge < -0.3 is 10.1 Å². The van der Waals surface area contributed by atoms with Crippen LogP contribution in [0.25, 0.3) is 0 Å². The summed E-state index contributed by atoms with van der Waals surface area (Å²) in [5.74, 6) is 0.675. The zero-order chi connectivity index (χ0) is 14.6. The third kappa shape index (κ3) is 3.71. The highest BCUT2D eigenvalue weighted by molar-refractivity contribution is 7.89. The summed E-state index contributed by atoms with van der Waals surface area (Å²) in [6.07, 6.45) is 2.88. The molecule has 0 heterocycles. The molecule has 1 aliphatic rings. The average Bonchev–Trinajstić information content (AvgIpc) is 2.37. The van der Waals surface area contributed by atoms with Crippen LogP contribution in [-0.2, 0) is 10.0 Å². The monoisotopic (exact) mass is 298 g/mol. The lowest BCUT2D eigenvalue weighted by atomic mass is 9.80. The fourth-order valence-corrected chi connectivity index (χ4v) is 3.64. The van der Waals surface area contributed by atoms with Crippen molar-refractivity contribution in [3.8, 4) is 5.75 Å². The van der Waals surface area contributed by atoms with E-state index in [4.69, 9.17) is 4.74 Å². The van der Waals surface area contributed by atoms with E-state index in [0.717, 1.165) is 25.8 Å². The largest absolute Gasteiger partial charge is 0.492 e. The van der Waals surface area contributed by atoms with E-state index < -0.39 is 10.0 Å². The molecule has 0 radical (unpaired) electrons. The molecule has 20 heavy (non-hydrogen) atoms. The second-order valence-corrected chi connectivity index (χ2v) is 7.13. The summed E-state index contributed by atoms with van der Waals surface area (Å²) in [6.45, 7) is 3.25. The summed E-state index contributed by atoms with van der Waals surface area (Å²) in [5.41, 5.74) is -0.277. The van der Waals surface area contributed by atoms with Crippen molar-refractivity contribution >= 4 is 10.0 Å². The lowest BCUT2D eigenvalue weighted by molar-refractivity contribution is 0.248. The number of likely N-dealkylation sites (N-methyl/N-ethyl adjacent to an activating group) is 1. The molecule has 0 amide bonds. The van der Waals surface area contributed by atoms with Crippen molar-refractivity contribution in [2.75, 3.05) is 20.2 Å². The molecule has 0 spiro atoms. The number of rotatable bonds is 7. The Bertz CT molecular complexity index is 536. The molecule has 1 aromatic rings. The van der Waals surface area contributed by atoms with Crippen LogP contribution >= 0.6 is 0 Å². The van der Waals surface area contributed by atoms with Crippen molar-refractivity contribution < 1.29 is 13.2 Å². The van der Waals surface area contributed by atoms with Crippen LogP contribution in [0.5, 0.6) is 5.75 Å². The SMILES string of the molecule is CNCCOc1ccc(S(=O)(=O)NC2(C)CCC2)cc1. The number of ether oxygens (including phenoxy) is 1. The number of nitrogens with one attached hydrogen (secondary N) is 2. The fraction of sp³-hybridized carbons (Fsp3) is 0.571. The summed E-state index contributed by atoms with van der Waals surface area (Å²) in [7, 11) is -1.59. The maximum absolute atomic E-state index is 12.3. The molecular weight excluding hydrogens is 276 g/mol. The summed E-state index contributed by atoms with van der Waals surface area (Å²) in [5, 5.41) is 2.98. The van der Waals surface area contributed by atoms with E-state index in [1.54, 1.807) is 24.3 Å². The Morgan fingerprint density at radius 2 is 1.90 bits per heavy atom. The maximum atomic E-state index is 12.3. The number of benzene rings is 1. The van der Waals surface area contributed by atoms with Crippen molar-refractivity contribution in [3.63, 3.8) is 0 Å². The van der Waals surface area contributed by atoms with E-state index in [1.165, 1.54) is 0 Å². The van der Waals surface area contributed by atoms with E-state index in [2.05, 4.69) is 10.0 Å². The van der Waals surface area contributed by atoms with Gasteiger partial charge >= 0.3 is 0 Å². The highest BCUT2D eigenvalue weighted by Gasteiger charge is 2.36. The number of sulfonamides is 1. The molecule has 1 saturated carbocycles. The molecule has 1 aliphatic carbocycles. The molecule has 2 N–H and O–H groups in total. The van der Waals surface area contributed by atoms with Crippen LogP contribution in [0.4, 0.5) is 0 Å². The third-order valence-electron chi connectivity index (χ3n) is 3.59. The van der Waals surface area contributed by atoms with Gasteiger partial charge in [0.1, 0.15) is 12.4 Å². The zero-order valence-electron chi connectivity index (χ0n) is 12.0. The Morgan fingerprint density at radius 3 is 2.40 bits per heavy atom. The molecule has 0 aromatic heterocycles. The predicted molar refractivity (Wildman–Crippen MR) is 78.4 cm³/mol. The Balaban J connectivity index is 2.01. The molecule has 0 aliphatic heterocycles. The second kappa shape index (κ2) is 6.11. The van der Waals surface area contributed by atoms with Gasteiger partial charge in [0, 0.05) is 12.1 Å². The highest BCUT2D eigenvalue weighted by Crippen LogP contribution is 2.32. The van der Waals surface area contributed by atoms with E-state index in [1.807, 2.05) is 14.0 Å². The van der Waals surface area contributed by atoms with Gasteiger partial charge in [-0.15, -0.1) is 0 Å². The molecule has 1 aromatic carbocycles. The molecule has 0 atom stereocenters. The number of hydrogen-bond acceptors (Lipinski definition) is 4. The Kier molecular flexibility index (Phi) is 4.67. The standard InChI is InChI=1S/C14H22N2O3S/c1-14(8-3-9-14)16-20(17,18)13-6-4-12(5-7-13)19-11-10-15-2/h4-7,15-16H,3,8-11H2,1-2H3. The van der Waals surface area contributed by atoms with Crippen LogP contribution in [0.15, 0.2) is 29.2 Å². The van der Waals surface area contributed by atoms with Crippen molar-refractivity contribution in [2.45, 2.75) is 36.6 Å². The Labute approximate surface area is 120 Å². The van der Waals surface area contributed by atoms with Crippen molar-refractivity contribution in [3.05, 3.63) is 24.3 Å². The minimum absolute atomic E-state index is 0.277. The van der Waals surface area contributed by atoms with Gasteiger partial charge in [0.05, 0.1) is 4.90 Å². The van der Waals surface area contributed by atoms with Gasteiger partial charge in [-0.3, -0.25) is 0 Å². The first kappa shape index (κ1) is 15.3.